The summed E-state index contributed by atoms with van der Waals surface area (Å²) in [5.41, 5.74) is 0.197. The highest BCUT2D eigenvalue weighted by Gasteiger charge is 2.67. The van der Waals surface area contributed by atoms with Gasteiger partial charge in [-0.05, 0) is 60.7 Å². The molecule has 1 saturated heterocycles. The van der Waals surface area contributed by atoms with Gasteiger partial charge in [-0.25, -0.2) is 9.40 Å². The van der Waals surface area contributed by atoms with Gasteiger partial charge in [-0.2, -0.15) is 5.01 Å². The molecule has 0 N–H and O–H groups in total. The summed E-state index contributed by atoms with van der Waals surface area (Å²) in [4.78, 5) is 53.8. The minimum Gasteiger partial charge on any atom is -0.292 e. The predicted molar refractivity (Wildman–Crippen MR) is 134 cm³/mol. The van der Waals surface area contributed by atoms with Crippen LogP contribution >= 0.6 is 55.1 Å². The molecule has 35 heavy (non-hydrogen) atoms. The summed E-state index contributed by atoms with van der Waals surface area (Å²) in [5.74, 6) is -4.11. The van der Waals surface area contributed by atoms with Crippen LogP contribution in [0.3, 0.4) is 0 Å². The van der Waals surface area contributed by atoms with E-state index in [1.54, 1.807) is 0 Å². The Morgan fingerprint density at radius 3 is 2.00 bits per heavy atom. The van der Waals surface area contributed by atoms with Crippen molar-refractivity contribution in [1.82, 2.24) is 10.0 Å². The summed E-state index contributed by atoms with van der Waals surface area (Å²) in [6, 6.07) is 8.97. The lowest BCUT2D eigenvalue weighted by atomic mass is 9.81. The van der Waals surface area contributed by atoms with Crippen LogP contribution in [0, 0.1) is 29.5 Å². The maximum Gasteiger partial charge on any atom is 0.273 e. The van der Waals surface area contributed by atoms with Crippen LogP contribution in [0.1, 0.15) is 27.1 Å². The van der Waals surface area contributed by atoms with E-state index in [0.717, 1.165) is 28.6 Å². The highest BCUT2D eigenvalue weighted by molar-refractivity contribution is 9.12. The first-order chi connectivity index (χ1) is 16.6. The normalized spacial score (nSPS) is 29.0. The van der Waals surface area contributed by atoms with Crippen molar-refractivity contribution in [3.63, 3.8) is 0 Å². The van der Waals surface area contributed by atoms with Crippen LogP contribution in [-0.2, 0) is 9.59 Å². The van der Waals surface area contributed by atoms with Gasteiger partial charge >= 0.3 is 0 Å². The molecule has 5 rings (SSSR count). The Bertz CT molecular complexity index is 1230. The Hall–Kier alpha value is -1.81. The van der Waals surface area contributed by atoms with Gasteiger partial charge in [0.25, 0.3) is 17.7 Å². The number of hydrazine groups is 1. The number of benzene rings is 2. The highest BCUT2D eigenvalue weighted by atomic mass is 79.9. The van der Waals surface area contributed by atoms with Gasteiger partial charge < -0.3 is 0 Å². The van der Waals surface area contributed by atoms with E-state index in [-0.39, 0.29) is 42.7 Å². The number of rotatable bonds is 5. The average molecular weight is 647 g/mol. The highest BCUT2D eigenvalue weighted by Crippen LogP contribution is 2.60. The Kier molecular flexibility index (Phi) is 6.57. The molecule has 0 spiro atoms. The van der Waals surface area contributed by atoms with Crippen molar-refractivity contribution in [2.45, 2.75) is 16.1 Å². The summed E-state index contributed by atoms with van der Waals surface area (Å²) in [5, 5.41) is 2.04. The SMILES string of the molecule is O=C(CN(C(=O)c1ccc(Cl)c(Cl)c1)N1C(=O)[C@@H]2[C@H]3C[C@@H]([C@H](Br)[C@@H]3Br)[C@@H]2C1=O)c1ccc(F)cc1. The number of imide groups is 1. The molecule has 0 aromatic heterocycles. The van der Waals surface area contributed by atoms with E-state index in [9.17, 15) is 23.6 Å². The van der Waals surface area contributed by atoms with Crippen molar-refractivity contribution >= 4 is 78.6 Å². The minimum absolute atomic E-state index is 0.0190. The Balaban J connectivity index is 1.52. The quantitative estimate of drug-likeness (QED) is 0.256. The van der Waals surface area contributed by atoms with Gasteiger partial charge in [-0.3, -0.25) is 19.2 Å². The molecule has 2 aromatic carbocycles. The molecule has 2 bridgehead atoms. The van der Waals surface area contributed by atoms with Gasteiger partial charge in [-0.1, -0.05) is 55.1 Å². The summed E-state index contributed by atoms with van der Waals surface area (Å²) >= 11 is 19.3. The van der Waals surface area contributed by atoms with Gasteiger partial charge in [0, 0.05) is 20.8 Å². The Morgan fingerprint density at radius 1 is 0.914 bits per heavy atom. The average Bonchev–Trinajstić information content (AvgIpc) is 3.44. The monoisotopic (exact) mass is 644 g/mol. The van der Waals surface area contributed by atoms with Crippen molar-refractivity contribution < 1.29 is 23.6 Å². The number of halogens is 5. The first-order valence-electron chi connectivity index (χ1n) is 10.8. The number of hydrogen-bond acceptors (Lipinski definition) is 4. The maximum absolute atomic E-state index is 13.6. The molecule has 2 aliphatic carbocycles. The summed E-state index contributed by atoms with van der Waals surface area (Å²) < 4.78 is 13.4. The molecule has 3 fully saturated rings. The fourth-order valence-electron chi connectivity index (χ4n) is 5.45. The van der Waals surface area contributed by atoms with E-state index in [4.69, 9.17) is 23.2 Å². The smallest absolute Gasteiger partial charge is 0.273 e. The zero-order valence-corrected chi connectivity index (χ0v) is 22.5. The molecule has 0 radical (unpaired) electrons. The zero-order valence-electron chi connectivity index (χ0n) is 17.8. The molecule has 3 amide bonds. The van der Waals surface area contributed by atoms with Crippen LogP contribution in [0.5, 0.6) is 0 Å². The molecule has 2 aromatic rings. The molecule has 2 saturated carbocycles. The topological polar surface area (TPSA) is 74.8 Å². The molecule has 0 unspecified atom stereocenters. The standard InChI is InChI=1S/C24H17Br2Cl2FN2O4/c25-20-13-8-14(21(20)26)19-18(13)23(34)31(24(19)35)30(9-17(32)10-1-4-12(29)5-2-10)22(33)11-3-6-15(27)16(28)7-11/h1-7,13-14,18-21H,8-9H2/t13-,14-,18-,19+,20-,21+/m1/s1. The van der Waals surface area contributed by atoms with Gasteiger partial charge in [0.1, 0.15) is 12.4 Å². The first-order valence-corrected chi connectivity index (χ1v) is 13.4. The number of carbonyl (C=O) groups excluding carboxylic acids is 4. The fraction of sp³-hybridized carbons (Fsp3) is 0.333. The lowest BCUT2D eigenvalue weighted by Gasteiger charge is -2.31. The van der Waals surface area contributed by atoms with Crippen LogP contribution in [0.15, 0.2) is 42.5 Å². The van der Waals surface area contributed by atoms with Crippen molar-refractivity contribution in [1.29, 1.82) is 0 Å². The number of nitrogens with zero attached hydrogens (tertiary/aromatic N) is 2. The van der Waals surface area contributed by atoms with E-state index in [0.29, 0.717) is 0 Å². The lowest BCUT2D eigenvalue weighted by molar-refractivity contribution is -0.154. The molecule has 1 heterocycles. The number of hydrogen-bond donors (Lipinski definition) is 0. The zero-order chi connectivity index (χ0) is 25.2. The van der Waals surface area contributed by atoms with E-state index >= 15 is 0 Å². The predicted octanol–water partition coefficient (Wildman–Crippen LogP) is 5.15. The molecule has 6 nitrogen and oxygen atoms in total. The summed E-state index contributed by atoms with van der Waals surface area (Å²) in [7, 11) is 0. The van der Waals surface area contributed by atoms with E-state index in [1.165, 1.54) is 30.3 Å². The number of alkyl halides is 2. The van der Waals surface area contributed by atoms with Gasteiger partial charge in [-0.15, -0.1) is 0 Å². The van der Waals surface area contributed by atoms with Crippen LogP contribution in [0.25, 0.3) is 0 Å². The Morgan fingerprint density at radius 2 is 1.46 bits per heavy atom. The van der Waals surface area contributed by atoms with Gasteiger partial charge in [0.15, 0.2) is 5.78 Å². The molecule has 11 heteroatoms. The number of carbonyl (C=O) groups is 4. The van der Waals surface area contributed by atoms with Gasteiger partial charge in [0.2, 0.25) is 0 Å². The van der Waals surface area contributed by atoms with Crippen molar-refractivity contribution in [2.75, 3.05) is 6.54 Å². The third-order valence-electron chi connectivity index (χ3n) is 7.07. The number of fused-ring (bicyclic) bond motifs is 5. The molecule has 1 aliphatic heterocycles. The van der Waals surface area contributed by atoms with Crippen LogP contribution in [0.2, 0.25) is 10.0 Å². The number of amides is 3. The molecular formula is C24H17Br2Cl2FN2O4. The number of Topliss-reactive ketones (excluding diaryl/α,β-unsaturated/α-hetero) is 1. The van der Waals surface area contributed by atoms with E-state index in [1.807, 2.05) is 0 Å². The van der Waals surface area contributed by atoms with Crippen molar-refractivity contribution in [3.8, 4) is 0 Å². The van der Waals surface area contributed by atoms with Gasteiger partial charge in [0.05, 0.1) is 21.9 Å². The molecule has 182 valence electrons. The number of ketones is 1. The van der Waals surface area contributed by atoms with Crippen molar-refractivity contribution in [2.24, 2.45) is 23.7 Å². The minimum atomic E-state index is -0.751. The van der Waals surface area contributed by atoms with E-state index < -0.39 is 47.7 Å². The summed E-state index contributed by atoms with van der Waals surface area (Å²) in [6.07, 6.45) is 0.724. The van der Waals surface area contributed by atoms with Crippen LogP contribution < -0.4 is 0 Å². The first kappa shape index (κ1) is 24.9. The maximum atomic E-state index is 13.6. The molecular weight excluding hydrogens is 630 g/mol. The molecule has 6 atom stereocenters. The van der Waals surface area contributed by atoms with Crippen LogP contribution in [-0.4, -0.2) is 49.7 Å². The van der Waals surface area contributed by atoms with E-state index in [2.05, 4.69) is 31.9 Å². The second kappa shape index (κ2) is 9.25. The second-order valence-corrected chi connectivity index (χ2v) is 11.8. The third-order valence-corrected chi connectivity index (χ3v) is 11.0. The largest absolute Gasteiger partial charge is 0.292 e. The molecule has 3 aliphatic rings. The van der Waals surface area contributed by atoms with Crippen LogP contribution in [0.4, 0.5) is 4.39 Å². The second-order valence-electron chi connectivity index (χ2n) is 8.91. The van der Waals surface area contributed by atoms with Crippen molar-refractivity contribution in [3.05, 3.63) is 69.5 Å². The third kappa shape index (κ3) is 4.04. The lowest BCUT2D eigenvalue weighted by Crippen LogP contribution is -2.52. The Labute approximate surface area is 226 Å². The fourth-order valence-corrected chi connectivity index (χ4v) is 7.62. The summed E-state index contributed by atoms with van der Waals surface area (Å²) in [6.45, 7) is -0.591.